The van der Waals surface area contributed by atoms with Gasteiger partial charge in [-0.15, -0.1) is 0 Å². The number of carbonyl (C=O) groups excluding carboxylic acids is 2. The highest BCUT2D eigenvalue weighted by atomic mass is 35.5. The molecule has 0 aliphatic heterocycles. The third kappa shape index (κ3) is 7.82. The molecule has 10 heteroatoms. The van der Waals surface area contributed by atoms with E-state index in [1.165, 1.54) is 29.2 Å². The number of amides is 2. The molecule has 0 bridgehead atoms. The van der Waals surface area contributed by atoms with E-state index < -0.39 is 34.3 Å². The van der Waals surface area contributed by atoms with E-state index in [0.717, 1.165) is 34.3 Å². The molecule has 3 rings (SSSR count). The van der Waals surface area contributed by atoms with Crippen molar-refractivity contribution in [1.29, 1.82) is 0 Å². The van der Waals surface area contributed by atoms with Crippen molar-refractivity contribution in [2.45, 2.75) is 57.5 Å². The number of aryl methyl sites for hydroxylation is 1. The van der Waals surface area contributed by atoms with Gasteiger partial charge in [0.05, 0.1) is 15.6 Å². The van der Waals surface area contributed by atoms with Crippen LogP contribution < -0.4 is 9.62 Å². The Bertz CT molecular complexity index is 1420. The Morgan fingerprint density at radius 3 is 2.35 bits per heavy atom. The number of nitrogens with zero attached hydrogens (tertiary/aromatic N) is 2. The van der Waals surface area contributed by atoms with Crippen LogP contribution in [0.3, 0.4) is 0 Å². The molecule has 0 aromatic heterocycles. The molecule has 0 unspecified atom stereocenters. The molecule has 1 N–H and O–H groups in total. The van der Waals surface area contributed by atoms with Crippen molar-refractivity contribution in [3.63, 3.8) is 0 Å². The Labute approximate surface area is 241 Å². The van der Waals surface area contributed by atoms with Gasteiger partial charge in [0, 0.05) is 13.1 Å². The molecule has 0 heterocycles. The molecule has 1 atom stereocenters. The molecule has 0 saturated carbocycles. The monoisotopic (exact) mass is 587 g/mol. The van der Waals surface area contributed by atoms with Crippen LogP contribution in [-0.2, 0) is 26.2 Å². The zero-order chi connectivity index (χ0) is 29.3. The second-order valence-electron chi connectivity index (χ2n) is 9.50. The van der Waals surface area contributed by atoms with E-state index in [1.54, 1.807) is 25.1 Å². The summed E-state index contributed by atoms with van der Waals surface area (Å²) in [5, 5.41) is 2.62. The molecule has 214 valence electrons. The highest BCUT2D eigenvalue weighted by Crippen LogP contribution is 2.28. The van der Waals surface area contributed by atoms with E-state index in [2.05, 4.69) is 5.32 Å². The summed E-state index contributed by atoms with van der Waals surface area (Å²) in [7, 11) is -4.26. The second kappa shape index (κ2) is 14.3. The van der Waals surface area contributed by atoms with Crippen molar-refractivity contribution >= 4 is 39.1 Å². The van der Waals surface area contributed by atoms with E-state index in [0.29, 0.717) is 13.0 Å². The molecule has 0 radical (unpaired) electrons. The lowest BCUT2D eigenvalue weighted by Gasteiger charge is -2.33. The van der Waals surface area contributed by atoms with Gasteiger partial charge < -0.3 is 10.2 Å². The van der Waals surface area contributed by atoms with Gasteiger partial charge in [-0.3, -0.25) is 13.9 Å². The number of nitrogens with one attached hydrogen (secondary N) is 1. The van der Waals surface area contributed by atoms with Crippen molar-refractivity contribution in [2.24, 2.45) is 0 Å². The molecule has 0 saturated heterocycles. The summed E-state index contributed by atoms with van der Waals surface area (Å²) in [6, 6.07) is 17.9. The largest absolute Gasteiger partial charge is 0.354 e. The molecule has 0 spiro atoms. The third-order valence-corrected chi connectivity index (χ3v) is 8.53. The van der Waals surface area contributed by atoms with E-state index in [4.69, 9.17) is 11.6 Å². The first-order valence-electron chi connectivity index (χ1n) is 13.2. The van der Waals surface area contributed by atoms with Crippen LogP contribution in [0.25, 0.3) is 0 Å². The van der Waals surface area contributed by atoms with Crippen LogP contribution in [0.4, 0.5) is 10.1 Å². The highest BCUT2D eigenvalue weighted by Gasteiger charge is 2.33. The molecule has 0 aliphatic carbocycles. The minimum Gasteiger partial charge on any atom is -0.354 e. The SMILES string of the molecule is CCCCNC(=O)[C@H](CC)N(Cc1cccc(C)c1)C(=O)CN(c1ccc(F)c(Cl)c1)S(=O)(=O)c1ccccc1. The van der Waals surface area contributed by atoms with Crippen molar-refractivity contribution < 1.29 is 22.4 Å². The lowest BCUT2D eigenvalue weighted by atomic mass is 10.1. The van der Waals surface area contributed by atoms with Crippen LogP contribution in [-0.4, -0.2) is 44.3 Å². The van der Waals surface area contributed by atoms with Crippen LogP contribution in [0.1, 0.15) is 44.2 Å². The van der Waals surface area contributed by atoms with Gasteiger partial charge in [0.2, 0.25) is 11.8 Å². The number of hydrogen-bond donors (Lipinski definition) is 1. The maximum absolute atomic E-state index is 14.0. The predicted octanol–water partition coefficient (Wildman–Crippen LogP) is 5.71. The summed E-state index contributed by atoms with van der Waals surface area (Å²) in [4.78, 5) is 28.6. The Balaban J connectivity index is 2.05. The number of halogens is 2. The zero-order valence-electron chi connectivity index (χ0n) is 22.9. The number of benzene rings is 3. The number of anilines is 1. The smallest absolute Gasteiger partial charge is 0.264 e. The summed E-state index contributed by atoms with van der Waals surface area (Å²) in [5.41, 5.74) is 1.81. The summed E-state index contributed by atoms with van der Waals surface area (Å²) in [6.07, 6.45) is 2.02. The van der Waals surface area contributed by atoms with Gasteiger partial charge in [-0.1, -0.05) is 79.9 Å². The summed E-state index contributed by atoms with van der Waals surface area (Å²) in [5.74, 6) is -1.61. The first-order valence-corrected chi connectivity index (χ1v) is 15.1. The molecular weight excluding hydrogens is 553 g/mol. The summed E-state index contributed by atoms with van der Waals surface area (Å²) in [6.45, 7) is 5.70. The third-order valence-electron chi connectivity index (χ3n) is 6.45. The van der Waals surface area contributed by atoms with Crippen LogP contribution in [0.5, 0.6) is 0 Å². The molecule has 3 aromatic rings. The number of unbranched alkanes of at least 4 members (excludes halogenated alkanes) is 1. The fourth-order valence-corrected chi connectivity index (χ4v) is 5.92. The predicted molar refractivity (Wildman–Crippen MR) is 156 cm³/mol. The zero-order valence-corrected chi connectivity index (χ0v) is 24.5. The van der Waals surface area contributed by atoms with Crippen LogP contribution in [0.2, 0.25) is 5.02 Å². The number of carbonyl (C=O) groups is 2. The van der Waals surface area contributed by atoms with E-state index in [1.807, 2.05) is 38.1 Å². The lowest BCUT2D eigenvalue weighted by molar-refractivity contribution is -0.140. The Morgan fingerprint density at radius 1 is 1.00 bits per heavy atom. The standard InChI is InChI=1S/C30H35ClFN3O4S/c1-4-6-17-33-30(37)28(5-2)34(20-23-12-10-11-22(3)18-23)29(36)21-35(24-15-16-27(32)26(31)19-24)40(38,39)25-13-8-7-9-14-25/h7-16,18-19,28H,4-6,17,20-21H2,1-3H3,(H,33,37)/t28-/m0/s1. The molecule has 7 nitrogen and oxygen atoms in total. The van der Waals surface area contributed by atoms with Crippen molar-refractivity contribution in [3.05, 3.63) is 94.8 Å². The fraction of sp³-hybridized carbons (Fsp3) is 0.333. The molecule has 40 heavy (non-hydrogen) atoms. The van der Waals surface area contributed by atoms with E-state index in [-0.39, 0.29) is 28.1 Å². The first-order chi connectivity index (χ1) is 19.1. The average Bonchev–Trinajstić information content (AvgIpc) is 2.93. The second-order valence-corrected chi connectivity index (χ2v) is 11.8. The van der Waals surface area contributed by atoms with Crippen molar-refractivity contribution in [2.75, 3.05) is 17.4 Å². The normalized spacial score (nSPS) is 12.0. The molecule has 0 aliphatic rings. The van der Waals surface area contributed by atoms with Gasteiger partial charge >= 0.3 is 0 Å². The Hall–Kier alpha value is -3.43. The molecule has 0 fully saturated rings. The van der Waals surface area contributed by atoms with Crippen molar-refractivity contribution in [1.82, 2.24) is 10.2 Å². The van der Waals surface area contributed by atoms with Gasteiger partial charge in [0.25, 0.3) is 10.0 Å². The Morgan fingerprint density at radius 2 is 1.73 bits per heavy atom. The number of hydrogen-bond acceptors (Lipinski definition) is 4. The number of sulfonamides is 1. The van der Waals surface area contributed by atoms with E-state index >= 15 is 0 Å². The minimum absolute atomic E-state index is 0.0274. The number of rotatable bonds is 13. The maximum atomic E-state index is 14.0. The maximum Gasteiger partial charge on any atom is 0.264 e. The van der Waals surface area contributed by atoms with Crippen LogP contribution in [0.15, 0.2) is 77.7 Å². The van der Waals surface area contributed by atoms with Gasteiger partial charge in [-0.05, 0) is 55.7 Å². The van der Waals surface area contributed by atoms with Gasteiger partial charge in [0.1, 0.15) is 18.4 Å². The highest BCUT2D eigenvalue weighted by molar-refractivity contribution is 7.92. The van der Waals surface area contributed by atoms with Gasteiger partial charge in [-0.2, -0.15) is 0 Å². The first kappa shape index (κ1) is 31.1. The molecule has 3 aromatic carbocycles. The Kier molecular flexibility index (Phi) is 11.1. The summed E-state index contributed by atoms with van der Waals surface area (Å²) >= 11 is 6.01. The quantitative estimate of drug-likeness (QED) is 0.260. The average molecular weight is 588 g/mol. The van der Waals surface area contributed by atoms with E-state index in [9.17, 15) is 22.4 Å². The lowest BCUT2D eigenvalue weighted by Crippen LogP contribution is -2.52. The van der Waals surface area contributed by atoms with Gasteiger partial charge in [0.15, 0.2) is 0 Å². The topological polar surface area (TPSA) is 86.8 Å². The van der Waals surface area contributed by atoms with Crippen LogP contribution in [0, 0.1) is 12.7 Å². The summed E-state index contributed by atoms with van der Waals surface area (Å²) < 4.78 is 42.5. The fourth-order valence-electron chi connectivity index (χ4n) is 4.32. The van der Waals surface area contributed by atoms with Gasteiger partial charge in [-0.25, -0.2) is 12.8 Å². The molecule has 2 amide bonds. The minimum atomic E-state index is -4.26. The van der Waals surface area contributed by atoms with Crippen LogP contribution >= 0.6 is 11.6 Å². The van der Waals surface area contributed by atoms with Crippen molar-refractivity contribution in [3.8, 4) is 0 Å². The molecular formula is C30H35ClFN3O4S.